The molecule has 0 aliphatic rings. The molecule has 0 aliphatic heterocycles. The Hall–Kier alpha value is -1.69. The number of anilines is 1. The van der Waals surface area contributed by atoms with Crippen molar-refractivity contribution in [2.24, 2.45) is 0 Å². The molecule has 0 radical (unpaired) electrons. The molecule has 92 valence electrons. The Morgan fingerprint density at radius 3 is 2.47 bits per heavy atom. The zero-order valence-corrected chi connectivity index (χ0v) is 9.48. The van der Waals surface area contributed by atoms with Gasteiger partial charge in [0.25, 0.3) is 0 Å². The fourth-order valence-electron chi connectivity index (χ4n) is 1.18. The molecule has 1 N–H and O–H groups in total. The van der Waals surface area contributed by atoms with Crippen LogP contribution in [0.25, 0.3) is 0 Å². The van der Waals surface area contributed by atoms with E-state index in [1.165, 1.54) is 0 Å². The molecular formula is C10H8ClF2NO3. The molecule has 4 nitrogen and oxygen atoms in total. The molecule has 0 spiro atoms. The van der Waals surface area contributed by atoms with Gasteiger partial charge in [0.1, 0.15) is 0 Å². The van der Waals surface area contributed by atoms with Gasteiger partial charge in [-0.25, -0.2) is 8.78 Å². The van der Waals surface area contributed by atoms with E-state index in [2.05, 4.69) is 10.1 Å². The van der Waals surface area contributed by atoms with Crippen LogP contribution < -0.4 is 5.32 Å². The van der Waals surface area contributed by atoms with Crippen LogP contribution in [-0.4, -0.2) is 18.4 Å². The lowest BCUT2D eigenvalue weighted by Crippen LogP contribution is -2.10. The normalized spacial score (nSPS) is 9.88. The highest BCUT2D eigenvalue weighted by molar-refractivity contribution is 6.65. The van der Waals surface area contributed by atoms with Crippen molar-refractivity contribution in [3.63, 3.8) is 0 Å². The smallest absolute Gasteiger partial charge is 0.318 e. The summed E-state index contributed by atoms with van der Waals surface area (Å²) in [6.07, 6.45) is -0.305. The highest BCUT2D eigenvalue weighted by Crippen LogP contribution is 2.21. The van der Waals surface area contributed by atoms with Crippen molar-refractivity contribution in [3.05, 3.63) is 29.3 Å². The number of halogens is 3. The number of methoxy groups -OCH3 is 1. The van der Waals surface area contributed by atoms with Crippen molar-refractivity contribution in [1.29, 1.82) is 0 Å². The van der Waals surface area contributed by atoms with Crippen LogP contribution in [0, 0.1) is 11.6 Å². The summed E-state index contributed by atoms with van der Waals surface area (Å²) in [4.78, 5) is 21.7. The number of carbonyl (C=O) groups excluding carboxylic acids is 2. The minimum Gasteiger partial charge on any atom is -0.469 e. The van der Waals surface area contributed by atoms with Crippen LogP contribution in [0.15, 0.2) is 12.1 Å². The van der Waals surface area contributed by atoms with E-state index in [1.807, 2.05) is 0 Å². The van der Waals surface area contributed by atoms with E-state index in [0.29, 0.717) is 0 Å². The molecule has 0 unspecified atom stereocenters. The van der Waals surface area contributed by atoms with Crippen LogP contribution >= 0.6 is 11.6 Å². The average Bonchev–Trinajstić information content (AvgIpc) is 2.24. The first-order valence-electron chi connectivity index (χ1n) is 4.45. The maximum atomic E-state index is 13.0. The summed E-state index contributed by atoms with van der Waals surface area (Å²) in [7, 11) is 1.15. The number of carbonyl (C=O) groups is 2. The second kappa shape index (κ2) is 5.58. The van der Waals surface area contributed by atoms with Crippen molar-refractivity contribution in [3.8, 4) is 0 Å². The topological polar surface area (TPSA) is 55.4 Å². The summed E-state index contributed by atoms with van der Waals surface area (Å²) in [6, 6.07) is 1.54. The molecule has 17 heavy (non-hydrogen) atoms. The van der Waals surface area contributed by atoms with Crippen molar-refractivity contribution in [2.75, 3.05) is 12.4 Å². The predicted molar refractivity (Wildman–Crippen MR) is 56.9 cm³/mol. The molecule has 7 heteroatoms. The quantitative estimate of drug-likeness (QED) is 0.518. The molecule has 0 fully saturated rings. The maximum Gasteiger partial charge on any atom is 0.318 e. The standard InChI is InChI=1S/C10H8ClF2NO3/c1-17-9(15)3-5-2-6(12)7(13)4-8(5)14-10(11)16/h2,4H,3H2,1H3,(H,14,16). The largest absolute Gasteiger partial charge is 0.469 e. The third-order valence-corrected chi connectivity index (χ3v) is 2.04. The Morgan fingerprint density at radius 1 is 1.35 bits per heavy atom. The minimum atomic E-state index is -1.15. The van der Waals surface area contributed by atoms with E-state index in [-0.39, 0.29) is 17.7 Å². The van der Waals surface area contributed by atoms with Crippen LogP contribution in [0.4, 0.5) is 19.3 Å². The first-order valence-corrected chi connectivity index (χ1v) is 4.83. The lowest BCUT2D eigenvalue weighted by molar-refractivity contribution is -0.139. The number of rotatable bonds is 3. The number of ether oxygens (including phenoxy) is 1. The maximum absolute atomic E-state index is 13.0. The van der Waals surface area contributed by atoms with Crippen LogP contribution in [-0.2, 0) is 16.0 Å². The van der Waals surface area contributed by atoms with Gasteiger partial charge in [0.2, 0.25) is 0 Å². The molecule has 0 atom stereocenters. The summed E-state index contributed by atoms with van der Waals surface area (Å²) >= 11 is 5.06. The lowest BCUT2D eigenvalue weighted by atomic mass is 10.1. The van der Waals surface area contributed by atoms with E-state index in [1.54, 1.807) is 0 Å². The second-order valence-corrected chi connectivity index (χ2v) is 3.42. The zero-order valence-electron chi connectivity index (χ0n) is 8.72. The SMILES string of the molecule is COC(=O)Cc1cc(F)c(F)cc1NC(=O)Cl. The second-order valence-electron chi connectivity index (χ2n) is 3.08. The van der Waals surface area contributed by atoms with Crippen molar-refractivity contribution in [2.45, 2.75) is 6.42 Å². The first-order chi connectivity index (χ1) is 7.93. The van der Waals surface area contributed by atoms with Crippen molar-refractivity contribution in [1.82, 2.24) is 0 Å². The van der Waals surface area contributed by atoms with Gasteiger partial charge in [-0.05, 0) is 23.2 Å². The summed E-state index contributed by atoms with van der Waals surface area (Å²) in [5.41, 5.74) is -0.000880. The summed E-state index contributed by atoms with van der Waals surface area (Å²) in [6.45, 7) is 0. The molecular weight excluding hydrogens is 256 g/mol. The van der Waals surface area contributed by atoms with E-state index in [9.17, 15) is 18.4 Å². The third kappa shape index (κ3) is 3.67. The average molecular weight is 264 g/mol. The Morgan fingerprint density at radius 2 is 1.94 bits per heavy atom. The molecule has 0 saturated carbocycles. The third-order valence-electron chi connectivity index (χ3n) is 1.94. The van der Waals surface area contributed by atoms with Gasteiger partial charge in [-0.15, -0.1) is 0 Å². The van der Waals surface area contributed by atoms with Crippen molar-refractivity contribution < 1.29 is 23.1 Å². The molecule has 1 rings (SSSR count). The fourth-order valence-corrected chi connectivity index (χ4v) is 1.29. The Bertz CT molecular complexity index is 465. The van der Waals surface area contributed by atoms with E-state index >= 15 is 0 Å². The van der Waals surface area contributed by atoms with Crippen LogP contribution in [0.5, 0.6) is 0 Å². The number of nitrogens with one attached hydrogen (secondary N) is 1. The minimum absolute atomic E-state index is 0.0738. The van der Waals surface area contributed by atoms with Gasteiger partial charge < -0.3 is 10.1 Å². The van der Waals surface area contributed by atoms with Gasteiger partial charge in [-0.3, -0.25) is 9.59 Å². The van der Waals surface area contributed by atoms with Gasteiger partial charge in [0.15, 0.2) is 11.6 Å². The van der Waals surface area contributed by atoms with E-state index < -0.39 is 23.0 Å². The van der Waals surface area contributed by atoms with Crippen molar-refractivity contribution >= 4 is 28.6 Å². The van der Waals surface area contributed by atoms with Crippen LogP contribution in [0.3, 0.4) is 0 Å². The molecule has 1 aromatic rings. The number of amides is 1. The van der Waals surface area contributed by atoms with E-state index in [4.69, 9.17) is 11.6 Å². The number of hydrogen-bond donors (Lipinski definition) is 1. The molecule has 1 aromatic carbocycles. The zero-order chi connectivity index (χ0) is 13.0. The molecule has 0 heterocycles. The number of esters is 1. The number of benzene rings is 1. The highest BCUT2D eigenvalue weighted by Gasteiger charge is 2.14. The fraction of sp³-hybridized carbons (Fsp3) is 0.200. The van der Waals surface area contributed by atoms with Gasteiger partial charge in [-0.1, -0.05) is 0 Å². The molecule has 0 bridgehead atoms. The lowest BCUT2D eigenvalue weighted by Gasteiger charge is -2.09. The monoisotopic (exact) mass is 263 g/mol. The summed E-state index contributed by atoms with van der Waals surface area (Å²) < 4.78 is 30.3. The highest BCUT2D eigenvalue weighted by atomic mass is 35.5. The number of hydrogen-bond acceptors (Lipinski definition) is 3. The van der Waals surface area contributed by atoms with Crippen LogP contribution in [0.1, 0.15) is 5.56 Å². The Labute approximate surface area is 101 Å². The molecule has 0 aliphatic carbocycles. The van der Waals surface area contributed by atoms with Gasteiger partial charge >= 0.3 is 11.3 Å². The molecule has 0 saturated heterocycles. The van der Waals surface area contributed by atoms with E-state index in [0.717, 1.165) is 19.2 Å². The molecule has 1 amide bonds. The van der Waals surface area contributed by atoms with Gasteiger partial charge in [0.05, 0.1) is 13.5 Å². The first kappa shape index (κ1) is 13.4. The predicted octanol–water partition coefficient (Wildman–Crippen LogP) is 2.45. The molecule has 0 aromatic heterocycles. The summed E-state index contributed by atoms with van der Waals surface area (Å²) in [5, 5.41) is 1.11. The Kier molecular flexibility index (Phi) is 4.39. The van der Waals surface area contributed by atoms with Gasteiger partial charge in [-0.2, -0.15) is 0 Å². The van der Waals surface area contributed by atoms with Gasteiger partial charge in [0, 0.05) is 11.8 Å². The Balaban J connectivity index is 3.11. The van der Waals surface area contributed by atoms with Crippen LogP contribution in [0.2, 0.25) is 0 Å². The summed E-state index contributed by atoms with van der Waals surface area (Å²) in [5.74, 6) is -2.93.